The molecular formula is C12H23NO2. The van der Waals surface area contributed by atoms with Crippen LogP contribution in [0.1, 0.15) is 47.0 Å². The Morgan fingerprint density at radius 3 is 2.53 bits per heavy atom. The molecule has 0 saturated carbocycles. The Bertz CT molecular complexity index is 240. The molecule has 1 unspecified atom stereocenters. The smallest absolute Gasteiger partial charge is 0.223 e. The van der Waals surface area contributed by atoms with Gasteiger partial charge in [-0.1, -0.05) is 20.8 Å². The number of hydrogen-bond donors (Lipinski definition) is 1. The summed E-state index contributed by atoms with van der Waals surface area (Å²) in [6.07, 6.45) is 2.26. The molecule has 15 heavy (non-hydrogen) atoms. The maximum atomic E-state index is 11.9. The molecule has 1 aliphatic rings. The van der Waals surface area contributed by atoms with Gasteiger partial charge in [0.25, 0.3) is 0 Å². The second-order valence-corrected chi connectivity index (χ2v) is 6.15. The van der Waals surface area contributed by atoms with Gasteiger partial charge in [-0.3, -0.25) is 4.79 Å². The number of β-amino-alcohol motifs (C(OH)–C–C–N with tert-alkyl or cyclic N) is 1. The third-order valence-corrected chi connectivity index (χ3v) is 2.71. The molecule has 1 saturated heterocycles. The summed E-state index contributed by atoms with van der Waals surface area (Å²) in [6.45, 7) is 9.28. The number of carbonyl (C=O) groups excluding carboxylic acids is 1. The summed E-state index contributed by atoms with van der Waals surface area (Å²) in [6, 6.07) is 0. The Labute approximate surface area is 92.5 Å². The molecule has 0 bridgehead atoms. The molecule has 0 aliphatic carbocycles. The van der Waals surface area contributed by atoms with Crippen molar-refractivity contribution in [3.63, 3.8) is 0 Å². The number of nitrogens with zero attached hydrogens (tertiary/aromatic N) is 1. The van der Waals surface area contributed by atoms with Crippen molar-refractivity contribution < 1.29 is 9.90 Å². The number of carbonyl (C=O) groups is 1. The van der Waals surface area contributed by atoms with Gasteiger partial charge in [0.2, 0.25) is 5.91 Å². The molecule has 1 heterocycles. The first-order valence-corrected chi connectivity index (χ1v) is 5.70. The lowest BCUT2D eigenvalue weighted by molar-refractivity contribution is -0.139. The average Bonchev–Trinajstić information content (AvgIpc) is 1.99. The molecule has 1 aliphatic heterocycles. The molecule has 3 nitrogen and oxygen atoms in total. The molecule has 1 amide bonds. The van der Waals surface area contributed by atoms with E-state index in [0.717, 1.165) is 19.4 Å². The van der Waals surface area contributed by atoms with E-state index in [4.69, 9.17) is 0 Å². The SMILES string of the molecule is CC(C)(C)CC(=O)N1CCCC(C)(O)C1. The fourth-order valence-corrected chi connectivity index (χ4v) is 2.00. The van der Waals surface area contributed by atoms with E-state index in [9.17, 15) is 9.90 Å². The fraction of sp³-hybridized carbons (Fsp3) is 0.917. The number of rotatable bonds is 1. The van der Waals surface area contributed by atoms with Gasteiger partial charge in [0.1, 0.15) is 0 Å². The van der Waals surface area contributed by atoms with Gasteiger partial charge in [-0.15, -0.1) is 0 Å². The van der Waals surface area contributed by atoms with Crippen molar-refractivity contribution >= 4 is 5.91 Å². The number of likely N-dealkylation sites (tertiary alicyclic amines) is 1. The van der Waals surface area contributed by atoms with Gasteiger partial charge in [0.05, 0.1) is 5.60 Å². The van der Waals surface area contributed by atoms with E-state index in [1.807, 2.05) is 6.92 Å². The van der Waals surface area contributed by atoms with Crippen molar-refractivity contribution in [3.05, 3.63) is 0 Å². The lowest BCUT2D eigenvalue weighted by atomic mass is 9.89. The Kier molecular flexibility index (Phi) is 3.44. The predicted molar refractivity (Wildman–Crippen MR) is 60.5 cm³/mol. The van der Waals surface area contributed by atoms with E-state index >= 15 is 0 Å². The van der Waals surface area contributed by atoms with Gasteiger partial charge in [0.15, 0.2) is 0 Å². The second-order valence-electron chi connectivity index (χ2n) is 6.15. The summed E-state index contributed by atoms with van der Waals surface area (Å²) < 4.78 is 0. The van der Waals surface area contributed by atoms with Gasteiger partial charge in [-0.25, -0.2) is 0 Å². The molecule has 3 heteroatoms. The molecule has 1 fully saturated rings. The summed E-state index contributed by atoms with van der Waals surface area (Å²) in [4.78, 5) is 13.7. The third-order valence-electron chi connectivity index (χ3n) is 2.71. The first kappa shape index (κ1) is 12.5. The summed E-state index contributed by atoms with van der Waals surface area (Å²) >= 11 is 0. The van der Waals surface area contributed by atoms with Crippen LogP contribution in [0.4, 0.5) is 0 Å². The van der Waals surface area contributed by atoms with Crippen LogP contribution in [0.15, 0.2) is 0 Å². The maximum Gasteiger partial charge on any atom is 0.223 e. The zero-order chi connectivity index (χ0) is 11.7. The van der Waals surface area contributed by atoms with Crippen LogP contribution < -0.4 is 0 Å². The number of piperidine rings is 1. The molecular weight excluding hydrogens is 190 g/mol. The third kappa shape index (κ3) is 4.20. The predicted octanol–water partition coefficient (Wildman–Crippen LogP) is 1.80. The van der Waals surface area contributed by atoms with Crippen molar-refractivity contribution in [2.45, 2.75) is 52.6 Å². The van der Waals surface area contributed by atoms with Gasteiger partial charge in [-0.05, 0) is 25.2 Å². The molecule has 0 aromatic heterocycles. The Morgan fingerprint density at radius 2 is 2.07 bits per heavy atom. The van der Waals surface area contributed by atoms with Crippen LogP contribution in [0, 0.1) is 5.41 Å². The lowest BCUT2D eigenvalue weighted by Gasteiger charge is -2.37. The highest BCUT2D eigenvalue weighted by molar-refractivity contribution is 5.77. The maximum absolute atomic E-state index is 11.9. The highest BCUT2D eigenvalue weighted by Crippen LogP contribution is 2.24. The van der Waals surface area contributed by atoms with E-state index < -0.39 is 5.60 Å². The average molecular weight is 213 g/mol. The highest BCUT2D eigenvalue weighted by Gasteiger charge is 2.31. The van der Waals surface area contributed by atoms with Crippen LogP contribution in [0.5, 0.6) is 0 Å². The van der Waals surface area contributed by atoms with Gasteiger partial charge in [0, 0.05) is 19.5 Å². The molecule has 0 aromatic rings. The van der Waals surface area contributed by atoms with Crippen molar-refractivity contribution in [3.8, 4) is 0 Å². The largest absolute Gasteiger partial charge is 0.388 e. The number of aliphatic hydroxyl groups is 1. The molecule has 0 aromatic carbocycles. The molecule has 1 atom stereocenters. The van der Waals surface area contributed by atoms with Crippen LogP contribution in [-0.4, -0.2) is 34.6 Å². The van der Waals surface area contributed by atoms with Crippen LogP contribution in [0.3, 0.4) is 0 Å². The van der Waals surface area contributed by atoms with Crippen LogP contribution in [0.2, 0.25) is 0 Å². The second kappa shape index (κ2) is 4.12. The minimum atomic E-state index is -0.689. The Hall–Kier alpha value is -0.570. The molecule has 0 radical (unpaired) electrons. The fourth-order valence-electron chi connectivity index (χ4n) is 2.00. The topological polar surface area (TPSA) is 40.5 Å². The monoisotopic (exact) mass is 213 g/mol. The number of amides is 1. The summed E-state index contributed by atoms with van der Waals surface area (Å²) in [5.74, 6) is 0.169. The highest BCUT2D eigenvalue weighted by atomic mass is 16.3. The summed E-state index contributed by atoms with van der Waals surface area (Å²) in [5, 5.41) is 9.90. The van der Waals surface area contributed by atoms with Crippen molar-refractivity contribution in [2.75, 3.05) is 13.1 Å². The van der Waals surface area contributed by atoms with Crippen LogP contribution >= 0.6 is 0 Å². The molecule has 1 N–H and O–H groups in total. The van der Waals surface area contributed by atoms with E-state index in [2.05, 4.69) is 20.8 Å². The number of hydrogen-bond acceptors (Lipinski definition) is 2. The minimum Gasteiger partial charge on any atom is -0.388 e. The molecule has 88 valence electrons. The van der Waals surface area contributed by atoms with E-state index in [1.165, 1.54) is 0 Å². The molecule has 1 rings (SSSR count). The Morgan fingerprint density at radius 1 is 1.47 bits per heavy atom. The minimum absolute atomic E-state index is 0.0282. The van der Waals surface area contributed by atoms with E-state index in [1.54, 1.807) is 4.90 Å². The van der Waals surface area contributed by atoms with E-state index in [0.29, 0.717) is 13.0 Å². The van der Waals surface area contributed by atoms with Crippen LogP contribution in [-0.2, 0) is 4.79 Å². The normalized spacial score (nSPS) is 27.9. The van der Waals surface area contributed by atoms with Crippen molar-refractivity contribution in [1.82, 2.24) is 4.90 Å². The summed E-state index contributed by atoms with van der Waals surface area (Å²) in [7, 11) is 0. The van der Waals surface area contributed by atoms with Gasteiger partial charge >= 0.3 is 0 Å². The Balaban J connectivity index is 2.53. The summed E-state index contributed by atoms with van der Waals surface area (Å²) in [5.41, 5.74) is -0.661. The first-order valence-electron chi connectivity index (χ1n) is 5.70. The molecule has 0 spiro atoms. The quantitative estimate of drug-likeness (QED) is 0.721. The standard InChI is InChI=1S/C12H23NO2/c1-11(2,3)8-10(14)13-7-5-6-12(4,15)9-13/h15H,5-9H2,1-4H3. The van der Waals surface area contributed by atoms with Crippen molar-refractivity contribution in [2.24, 2.45) is 5.41 Å². The zero-order valence-electron chi connectivity index (χ0n) is 10.3. The zero-order valence-corrected chi connectivity index (χ0v) is 10.3. The van der Waals surface area contributed by atoms with Gasteiger partial charge in [-0.2, -0.15) is 0 Å². The first-order chi connectivity index (χ1) is 6.70. The van der Waals surface area contributed by atoms with E-state index in [-0.39, 0.29) is 11.3 Å². The van der Waals surface area contributed by atoms with Crippen LogP contribution in [0.25, 0.3) is 0 Å². The van der Waals surface area contributed by atoms with Gasteiger partial charge < -0.3 is 10.0 Å². The lowest BCUT2D eigenvalue weighted by Crippen LogP contribution is -2.49. The van der Waals surface area contributed by atoms with Crippen molar-refractivity contribution in [1.29, 1.82) is 0 Å².